The minimum absolute atomic E-state index is 0.178. The smallest absolute Gasteiger partial charge is 0.333 e. The van der Waals surface area contributed by atoms with Crippen LogP contribution in [0.1, 0.15) is 26.3 Å². The SMILES string of the molecule is C=C(C)C(=O)OCC[N+](C)(C)C(C)C.Cc1ccc(S(=O)(=O)[O-])cc1. The molecule has 6 nitrogen and oxygen atoms in total. The zero-order chi connectivity index (χ0) is 19.8. The molecule has 0 heterocycles. The van der Waals surface area contributed by atoms with Gasteiger partial charge < -0.3 is 13.8 Å². The zero-order valence-corrected chi connectivity index (χ0v) is 16.7. The number of carbonyl (C=O) groups excluding carboxylic acids is 1. The van der Waals surface area contributed by atoms with Crippen LogP contribution in [0, 0.1) is 6.92 Å². The average molecular weight is 371 g/mol. The molecule has 0 amide bonds. The number of aryl methyl sites for hydroxylation is 1. The van der Waals surface area contributed by atoms with Gasteiger partial charge >= 0.3 is 5.97 Å². The molecule has 0 spiro atoms. The van der Waals surface area contributed by atoms with Crippen LogP contribution in [0.2, 0.25) is 0 Å². The standard InChI is InChI=1S/C11H22NO2.C7H8O3S/c1-9(2)11(13)14-8-7-12(5,6)10(3)4;1-6-2-4-7(5-3-6)11(8,9)10/h10H,1,7-8H2,2-6H3;2-5H,1H3,(H,8,9,10)/q+1;/p-1. The van der Waals surface area contributed by atoms with Crippen molar-refractivity contribution in [2.45, 2.75) is 38.6 Å². The summed E-state index contributed by atoms with van der Waals surface area (Å²) < 4.78 is 37.1. The van der Waals surface area contributed by atoms with E-state index in [9.17, 15) is 17.8 Å². The minimum Gasteiger partial charge on any atom is -0.744 e. The molecule has 1 aromatic carbocycles. The molecule has 25 heavy (non-hydrogen) atoms. The molecule has 0 atom stereocenters. The maximum absolute atomic E-state index is 11.1. The summed E-state index contributed by atoms with van der Waals surface area (Å²) in [5.41, 5.74) is 1.39. The van der Waals surface area contributed by atoms with Crippen molar-refractivity contribution in [2.24, 2.45) is 0 Å². The van der Waals surface area contributed by atoms with Crippen LogP contribution in [0.15, 0.2) is 41.3 Å². The van der Waals surface area contributed by atoms with Crippen molar-refractivity contribution in [1.82, 2.24) is 0 Å². The van der Waals surface area contributed by atoms with Gasteiger partial charge in [-0.2, -0.15) is 0 Å². The Hall–Kier alpha value is -1.70. The first-order valence-corrected chi connectivity index (χ1v) is 9.36. The summed E-state index contributed by atoms with van der Waals surface area (Å²) in [7, 11) is -0.0210. The van der Waals surface area contributed by atoms with Gasteiger partial charge in [-0.1, -0.05) is 24.3 Å². The van der Waals surface area contributed by atoms with Gasteiger partial charge in [-0.05, 0) is 39.8 Å². The number of hydrogen-bond donors (Lipinski definition) is 0. The van der Waals surface area contributed by atoms with Crippen molar-refractivity contribution in [3.05, 3.63) is 42.0 Å². The van der Waals surface area contributed by atoms with Gasteiger partial charge in [-0.3, -0.25) is 0 Å². The van der Waals surface area contributed by atoms with Crippen LogP contribution in [0.4, 0.5) is 0 Å². The van der Waals surface area contributed by atoms with Gasteiger partial charge in [0, 0.05) is 5.57 Å². The third-order valence-corrected chi connectivity index (χ3v) is 4.81. The van der Waals surface area contributed by atoms with E-state index < -0.39 is 10.1 Å². The highest BCUT2D eigenvalue weighted by atomic mass is 32.2. The number of ether oxygens (including phenoxy) is 1. The molecule has 0 fully saturated rings. The van der Waals surface area contributed by atoms with E-state index in [1.54, 1.807) is 19.1 Å². The predicted octanol–water partition coefficient (Wildman–Crippen LogP) is 2.49. The van der Waals surface area contributed by atoms with Crippen LogP contribution in [-0.2, 0) is 19.6 Å². The molecule has 0 radical (unpaired) electrons. The first-order chi connectivity index (χ1) is 11.3. The van der Waals surface area contributed by atoms with E-state index in [1.165, 1.54) is 12.1 Å². The van der Waals surface area contributed by atoms with E-state index in [1.807, 2.05) is 6.92 Å². The number of rotatable bonds is 6. The Morgan fingerprint density at radius 2 is 1.72 bits per heavy atom. The fourth-order valence-electron chi connectivity index (χ4n) is 1.46. The molecule has 7 heteroatoms. The molecular formula is C18H29NO5S. The summed E-state index contributed by atoms with van der Waals surface area (Å²) in [5, 5.41) is 0. The Morgan fingerprint density at radius 1 is 1.24 bits per heavy atom. The van der Waals surface area contributed by atoms with Gasteiger partial charge in [-0.15, -0.1) is 0 Å². The predicted molar refractivity (Wildman–Crippen MR) is 97.0 cm³/mol. The lowest BCUT2D eigenvalue weighted by Crippen LogP contribution is -2.48. The normalized spacial score (nSPS) is 11.5. The van der Waals surface area contributed by atoms with Gasteiger partial charge in [0.25, 0.3) is 0 Å². The maximum atomic E-state index is 11.1. The van der Waals surface area contributed by atoms with E-state index in [4.69, 9.17) is 4.74 Å². The molecule has 0 aliphatic carbocycles. The number of likely N-dealkylation sites (N-methyl/N-ethyl adjacent to an activating group) is 1. The van der Waals surface area contributed by atoms with Crippen LogP contribution >= 0.6 is 0 Å². The Bertz CT molecular complexity index is 676. The van der Waals surface area contributed by atoms with Crippen LogP contribution in [0.3, 0.4) is 0 Å². The topological polar surface area (TPSA) is 83.5 Å². The van der Waals surface area contributed by atoms with Gasteiger partial charge in [-0.25, -0.2) is 13.2 Å². The number of benzene rings is 1. The van der Waals surface area contributed by atoms with E-state index in [0.29, 0.717) is 18.2 Å². The largest absolute Gasteiger partial charge is 0.744 e. The highest BCUT2D eigenvalue weighted by Crippen LogP contribution is 2.08. The first kappa shape index (κ1) is 23.3. The van der Waals surface area contributed by atoms with Crippen molar-refractivity contribution in [2.75, 3.05) is 27.2 Å². The Morgan fingerprint density at radius 3 is 2.08 bits per heavy atom. The maximum Gasteiger partial charge on any atom is 0.333 e. The molecule has 0 saturated heterocycles. The number of hydrogen-bond acceptors (Lipinski definition) is 5. The number of esters is 1. The monoisotopic (exact) mass is 371 g/mol. The Labute approximate surface area is 151 Å². The van der Waals surface area contributed by atoms with E-state index in [-0.39, 0.29) is 10.9 Å². The van der Waals surface area contributed by atoms with Gasteiger partial charge in [0.1, 0.15) is 23.3 Å². The van der Waals surface area contributed by atoms with Crippen molar-refractivity contribution in [1.29, 1.82) is 0 Å². The molecule has 0 bridgehead atoms. The van der Waals surface area contributed by atoms with Crippen molar-refractivity contribution < 1.29 is 27.0 Å². The summed E-state index contributed by atoms with van der Waals surface area (Å²) >= 11 is 0. The molecule has 1 aromatic rings. The average Bonchev–Trinajstić information content (AvgIpc) is 2.46. The third kappa shape index (κ3) is 9.38. The minimum atomic E-state index is -4.27. The van der Waals surface area contributed by atoms with E-state index in [0.717, 1.165) is 16.6 Å². The highest BCUT2D eigenvalue weighted by Gasteiger charge is 2.19. The van der Waals surface area contributed by atoms with E-state index in [2.05, 4.69) is 34.5 Å². The van der Waals surface area contributed by atoms with Crippen molar-refractivity contribution >= 4 is 16.1 Å². The quantitative estimate of drug-likeness (QED) is 0.332. The fraction of sp³-hybridized carbons (Fsp3) is 0.500. The van der Waals surface area contributed by atoms with Crippen LogP contribution in [0.5, 0.6) is 0 Å². The van der Waals surface area contributed by atoms with Gasteiger partial charge in [0.15, 0.2) is 0 Å². The zero-order valence-electron chi connectivity index (χ0n) is 15.9. The second-order valence-corrected chi connectivity index (χ2v) is 8.16. The van der Waals surface area contributed by atoms with Gasteiger partial charge in [0.2, 0.25) is 0 Å². The van der Waals surface area contributed by atoms with Crippen molar-refractivity contribution in [3.8, 4) is 0 Å². The molecule has 0 saturated carbocycles. The lowest BCUT2D eigenvalue weighted by atomic mass is 10.2. The molecule has 0 aromatic heterocycles. The van der Waals surface area contributed by atoms with Crippen LogP contribution in [0.25, 0.3) is 0 Å². The van der Waals surface area contributed by atoms with E-state index >= 15 is 0 Å². The molecule has 142 valence electrons. The lowest BCUT2D eigenvalue weighted by Gasteiger charge is -2.33. The summed E-state index contributed by atoms with van der Waals surface area (Å²) in [6.45, 7) is 12.6. The Kier molecular flexibility index (Phi) is 9.04. The Balaban J connectivity index is 0.000000472. The summed E-state index contributed by atoms with van der Waals surface area (Å²) in [5.74, 6) is -0.297. The molecule has 0 aliphatic heterocycles. The second-order valence-electron chi connectivity index (χ2n) is 6.78. The van der Waals surface area contributed by atoms with Gasteiger partial charge in [0.05, 0.1) is 25.0 Å². The number of nitrogens with zero attached hydrogens (tertiary/aromatic N) is 1. The van der Waals surface area contributed by atoms with Crippen molar-refractivity contribution in [3.63, 3.8) is 0 Å². The summed E-state index contributed by atoms with van der Waals surface area (Å²) in [6.07, 6.45) is 0. The summed E-state index contributed by atoms with van der Waals surface area (Å²) in [6, 6.07) is 6.31. The second kappa shape index (κ2) is 9.70. The molecule has 0 N–H and O–H groups in total. The van der Waals surface area contributed by atoms with Crippen LogP contribution < -0.4 is 0 Å². The van der Waals surface area contributed by atoms with Crippen LogP contribution in [-0.4, -0.2) is 56.7 Å². The summed E-state index contributed by atoms with van der Waals surface area (Å²) in [4.78, 5) is 10.9. The number of carbonyl (C=O) groups is 1. The molecule has 0 unspecified atom stereocenters. The molecule has 0 aliphatic rings. The number of quaternary nitrogens is 1. The fourth-order valence-corrected chi connectivity index (χ4v) is 1.93. The highest BCUT2D eigenvalue weighted by molar-refractivity contribution is 7.85. The lowest BCUT2D eigenvalue weighted by molar-refractivity contribution is -0.911. The first-order valence-electron chi connectivity index (χ1n) is 7.95. The third-order valence-electron chi connectivity index (χ3n) is 3.96. The molecular weight excluding hydrogens is 342 g/mol. The molecule has 1 rings (SSSR count).